The first kappa shape index (κ1) is 7.24. The van der Waals surface area contributed by atoms with Crippen molar-refractivity contribution in [3.63, 3.8) is 0 Å². The van der Waals surface area contributed by atoms with E-state index < -0.39 is 11.9 Å². The summed E-state index contributed by atoms with van der Waals surface area (Å²) in [5.41, 5.74) is 5.26. The topological polar surface area (TPSA) is 59.4 Å². The minimum Gasteiger partial charge on any atom is -0.464 e. The van der Waals surface area contributed by atoms with Crippen molar-refractivity contribution in [3.8, 4) is 0 Å². The average Bonchev–Trinajstić information content (AvgIpc) is 2.34. The summed E-state index contributed by atoms with van der Waals surface area (Å²) in [7, 11) is 0. The van der Waals surface area contributed by atoms with Gasteiger partial charge in [0.05, 0.1) is 18.9 Å². The Balaban J connectivity index is 2.82. The highest BCUT2D eigenvalue weighted by Crippen LogP contribution is 2.14. The molecule has 10 heavy (non-hydrogen) atoms. The van der Waals surface area contributed by atoms with Gasteiger partial charge in [-0.3, -0.25) is 0 Å². The van der Waals surface area contributed by atoms with Gasteiger partial charge in [-0.15, -0.1) is 0 Å². The van der Waals surface area contributed by atoms with Gasteiger partial charge in [0.2, 0.25) is 0 Å². The van der Waals surface area contributed by atoms with Crippen LogP contribution in [0.4, 0.5) is 4.39 Å². The molecular weight excluding hydrogens is 137 g/mol. The smallest absolute Gasteiger partial charge is 0.166 e. The van der Waals surface area contributed by atoms with Crippen molar-refractivity contribution in [1.82, 2.24) is 0 Å². The first-order valence-corrected chi connectivity index (χ1v) is 2.85. The van der Waals surface area contributed by atoms with Gasteiger partial charge in [0, 0.05) is 6.07 Å². The predicted molar refractivity (Wildman–Crippen MR) is 32.7 cm³/mol. The summed E-state index contributed by atoms with van der Waals surface area (Å²) in [6.07, 6.45) is 1.19. The van der Waals surface area contributed by atoms with Crippen LogP contribution in [0.1, 0.15) is 11.8 Å². The highest BCUT2D eigenvalue weighted by atomic mass is 19.1. The Morgan fingerprint density at radius 3 is 2.90 bits per heavy atom. The number of hydrogen-bond acceptors (Lipinski definition) is 3. The maximum Gasteiger partial charge on any atom is 0.166 e. The molecule has 0 aliphatic heterocycles. The van der Waals surface area contributed by atoms with Crippen LogP contribution in [0.15, 0.2) is 16.7 Å². The summed E-state index contributed by atoms with van der Waals surface area (Å²) in [4.78, 5) is 0. The van der Waals surface area contributed by atoms with E-state index >= 15 is 0 Å². The highest BCUT2D eigenvalue weighted by molar-refractivity contribution is 5.06. The predicted octanol–water partition coefficient (Wildman–Crippen LogP) is 0.411. The van der Waals surface area contributed by atoms with Crippen LogP contribution < -0.4 is 5.73 Å². The molecule has 0 saturated heterocycles. The summed E-state index contributed by atoms with van der Waals surface area (Å²) < 4.78 is 17.2. The number of rotatable bonds is 2. The second kappa shape index (κ2) is 2.81. The zero-order valence-corrected chi connectivity index (χ0v) is 5.25. The average molecular weight is 145 g/mol. The van der Waals surface area contributed by atoms with Gasteiger partial charge in [-0.05, 0) is 0 Å². The zero-order valence-electron chi connectivity index (χ0n) is 5.25. The Kier molecular flexibility index (Phi) is 2.03. The molecule has 4 heteroatoms. The SMILES string of the molecule is NC(CO)c1occc1F. The van der Waals surface area contributed by atoms with Crippen LogP contribution in [0.5, 0.6) is 0 Å². The van der Waals surface area contributed by atoms with Crippen LogP contribution in [-0.4, -0.2) is 11.7 Å². The number of furan rings is 1. The molecule has 1 unspecified atom stereocenters. The fourth-order valence-electron chi connectivity index (χ4n) is 0.653. The van der Waals surface area contributed by atoms with Crippen molar-refractivity contribution in [2.75, 3.05) is 6.61 Å². The summed E-state index contributed by atoms with van der Waals surface area (Å²) in [5.74, 6) is -0.510. The van der Waals surface area contributed by atoms with Gasteiger partial charge in [0.15, 0.2) is 11.6 Å². The summed E-state index contributed by atoms with van der Waals surface area (Å²) in [5, 5.41) is 8.48. The van der Waals surface area contributed by atoms with Crippen molar-refractivity contribution in [1.29, 1.82) is 0 Å². The van der Waals surface area contributed by atoms with Crippen LogP contribution >= 0.6 is 0 Å². The van der Waals surface area contributed by atoms with Crippen molar-refractivity contribution in [3.05, 3.63) is 23.9 Å². The first-order valence-electron chi connectivity index (χ1n) is 2.85. The van der Waals surface area contributed by atoms with Gasteiger partial charge >= 0.3 is 0 Å². The van der Waals surface area contributed by atoms with Gasteiger partial charge in [0.25, 0.3) is 0 Å². The van der Waals surface area contributed by atoms with E-state index in [-0.39, 0.29) is 12.4 Å². The number of aliphatic hydroxyl groups is 1. The van der Waals surface area contributed by atoms with Crippen LogP contribution in [-0.2, 0) is 0 Å². The molecule has 0 saturated carbocycles. The van der Waals surface area contributed by atoms with E-state index in [1.54, 1.807) is 0 Å². The number of nitrogens with two attached hydrogens (primary N) is 1. The van der Waals surface area contributed by atoms with Crippen LogP contribution in [0.2, 0.25) is 0 Å². The Bertz CT molecular complexity index is 211. The summed E-state index contributed by atoms with van der Waals surface area (Å²) in [6, 6.07) is 0.403. The Morgan fingerprint density at radius 1 is 1.80 bits per heavy atom. The van der Waals surface area contributed by atoms with Crippen LogP contribution in [0.3, 0.4) is 0 Å². The summed E-state index contributed by atoms with van der Waals surface area (Å²) in [6.45, 7) is -0.315. The van der Waals surface area contributed by atoms with E-state index in [4.69, 9.17) is 10.8 Å². The van der Waals surface area contributed by atoms with E-state index in [0.717, 1.165) is 6.07 Å². The third kappa shape index (κ3) is 1.17. The standard InChI is InChI=1S/C6H8FNO2/c7-4-1-2-10-6(4)5(8)3-9/h1-2,5,9H,3,8H2. The number of aliphatic hydroxyl groups excluding tert-OH is 1. The third-order valence-corrected chi connectivity index (χ3v) is 1.18. The Morgan fingerprint density at radius 2 is 2.50 bits per heavy atom. The maximum atomic E-state index is 12.5. The van der Waals surface area contributed by atoms with E-state index in [2.05, 4.69) is 4.42 Å². The van der Waals surface area contributed by atoms with Crippen LogP contribution in [0.25, 0.3) is 0 Å². The zero-order chi connectivity index (χ0) is 7.56. The molecule has 1 atom stereocenters. The minimum absolute atomic E-state index is 0.00231. The Hall–Kier alpha value is -0.870. The fourth-order valence-corrected chi connectivity index (χ4v) is 0.653. The molecule has 3 nitrogen and oxygen atoms in total. The molecule has 1 heterocycles. The molecular formula is C6H8FNO2. The molecule has 0 radical (unpaired) electrons. The van der Waals surface area contributed by atoms with Gasteiger partial charge in [-0.2, -0.15) is 0 Å². The minimum atomic E-state index is -0.755. The molecule has 3 N–H and O–H groups in total. The quantitative estimate of drug-likeness (QED) is 0.633. The lowest BCUT2D eigenvalue weighted by molar-refractivity contribution is 0.247. The van der Waals surface area contributed by atoms with E-state index in [1.165, 1.54) is 6.26 Å². The molecule has 56 valence electrons. The van der Waals surface area contributed by atoms with Crippen LogP contribution in [0, 0.1) is 5.82 Å². The third-order valence-electron chi connectivity index (χ3n) is 1.18. The molecule has 0 amide bonds. The van der Waals surface area contributed by atoms with Crippen molar-refractivity contribution >= 4 is 0 Å². The Labute approximate surface area is 57.3 Å². The van der Waals surface area contributed by atoms with Crippen molar-refractivity contribution < 1.29 is 13.9 Å². The fraction of sp³-hybridized carbons (Fsp3) is 0.333. The molecule has 1 aromatic heterocycles. The lowest BCUT2D eigenvalue weighted by Gasteiger charge is -2.02. The molecule has 0 aliphatic carbocycles. The monoisotopic (exact) mass is 145 g/mol. The summed E-state index contributed by atoms with van der Waals surface area (Å²) >= 11 is 0. The molecule has 0 fully saturated rings. The lowest BCUT2D eigenvalue weighted by atomic mass is 10.2. The first-order chi connectivity index (χ1) is 4.75. The van der Waals surface area contributed by atoms with E-state index in [1.807, 2.05) is 0 Å². The van der Waals surface area contributed by atoms with Crippen molar-refractivity contribution in [2.45, 2.75) is 6.04 Å². The second-order valence-corrected chi connectivity index (χ2v) is 1.92. The van der Waals surface area contributed by atoms with E-state index in [0.29, 0.717) is 0 Å². The normalized spacial score (nSPS) is 13.5. The molecule has 0 aromatic carbocycles. The second-order valence-electron chi connectivity index (χ2n) is 1.92. The molecule has 1 rings (SSSR count). The molecule has 0 bridgehead atoms. The van der Waals surface area contributed by atoms with Gasteiger partial charge in [-0.1, -0.05) is 0 Å². The molecule has 1 aromatic rings. The molecule has 0 spiro atoms. The molecule has 0 aliphatic rings. The lowest BCUT2D eigenvalue weighted by Crippen LogP contribution is -2.14. The van der Waals surface area contributed by atoms with E-state index in [9.17, 15) is 4.39 Å². The maximum absolute atomic E-state index is 12.5. The number of halogens is 1. The highest BCUT2D eigenvalue weighted by Gasteiger charge is 2.12. The van der Waals surface area contributed by atoms with Gasteiger partial charge in [0.1, 0.15) is 0 Å². The van der Waals surface area contributed by atoms with Gasteiger partial charge in [-0.25, -0.2) is 4.39 Å². The largest absolute Gasteiger partial charge is 0.464 e. The van der Waals surface area contributed by atoms with Gasteiger partial charge < -0.3 is 15.3 Å². The van der Waals surface area contributed by atoms with Crippen molar-refractivity contribution in [2.24, 2.45) is 5.73 Å². The number of hydrogen-bond donors (Lipinski definition) is 2.